The van der Waals surface area contributed by atoms with Crippen LogP contribution >= 0.6 is 10.9 Å². The van der Waals surface area contributed by atoms with Gasteiger partial charge >= 0.3 is 0 Å². The van der Waals surface area contributed by atoms with Gasteiger partial charge in [-0.05, 0) is 104 Å². The average Bonchev–Trinajstić information content (AvgIpc) is 3.48. The minimum atomic E-state index is -1.02. The van der Waals surface area contributed by atoms with Crippen molar-refractivity contribution < 1.29 is 0 Å². The first-order valence-corrected chi connectivity index (χ1v) is 20.7. The fourth-order valence-corrected chi connectivity index (χ4v) is 12.7. The number of hydrogen-bond acceptors (Lipinski definition) is 2. The number of thiol groups is 1. The van der Waals surface area contributed by atoms with E-state index in [1.165, 1.54) is 64.9 Å². The fourth-order valence-electron chi connectivity index (χ4n) is 9.77. The lowest BCUT2D eigenvalue weighted by Crippen LogP contribution is -2.26. The molecule has 0 radical (unpaired) electrons. The Morgan fingerprint density at radius 2 is 1.07 bits per heavy atom. The minimum absolute atomic E-state index is 0.0332. The van der Waals surface area contributed by atoms with Crippen LogP contribution in [0.15, 0.2) is 195 Å². The minimum Gasteiger partial charge on any atom is -0.308 e. The van der Waals surface area contributed by atoms with E-state index in [2.05, 4.69) is 176 Å². The third-order valence-electron chi connectivity index (χ3n) is 12.4. The molecule has 1 aromatic heterocycles. The lowest BCUT2D eigenvalue weighted by molar-refractivity contribution is 0.660. The van der Waals surface area contributed by atoms with E-state index in [-0.39, 0.29) is 11.0 Å². The second kappa shape index (κ2) is 11.5. The molecular weight excluding hydrogens is 701 g/mol. The number of nitrogens with zero attached hydrogens (tertiary/aromatic N) is 2. The molecule has 0 bridgehead atoms. The van der Waals surface area contributed by atoms with E-state index in [0.717, 1.165) is 38.7 Å². The lowest BCUT2D eigenvalue weighted by atomic mass is 9.81. The summed E-state index contributed by atoms with van der Waals surface area (Å²) in [6.45, 7) is 4.73. The maximum atomic E-state index is 14.7. The molecule has 3 aliphatic rings. The van der Waals surface area contributed by atoms with Crippen molar-refractivity contribution in [2.45, 2.75) is 33.9 Å². The number of fused-ring (bicyclic) bond motifs is 10. The van der Waals surface area contributed by atoms with Gasteiger partial charge in [-0.15, -0.1) is 0 Å². The molecule has 1 aliphatic carbocycles. The molecule has 0 fully saturated rings. The smallest absolute Gasteiger partial charge is 0.263 e. The predicted octanol–water partition coefficient (Wildman–Crippen LogP) is 13.4. The second-order valence-corrected chi connectivity index (χ2v) is 17.8. The van der Waals surface area contributed by atoms with Crippen molar-refractivity contribution in [1.82, 2.24) is 4.57 Å². The summed E-state index contributed by atoms with van der Waals surface area (Å²) in [5.74, 6) is 0. The van der Waals surface area contributed by atoms with E-state index in [1.807, 2.05) is 22.8 Å². The SMILES string of the molecule is CC1(C)c2cc(-c3ccccc3)ccc2-c2ccc(N3c4ccc(-c5ccccc5)cc4[SH]4c5ccccc5-n5c(=O)c6ccccc6c6ccc3c4c65)cc21. The highest BCUT2D eigenvalue weighted by Gasteiger charge is 2.40. The topological polar surface area (TPSA) is 25.2 Å². The van der Waals surface area contributed by atoms with Crippen molar-refractivity contribution in [1.29, 1.82) is 0 Å². The first-order valence-electron chi connectivity index (χ1n) is 19.3. The lowest BCUT2D eigenvalue weighted by Gasteiger charge is -2.43. The summed E-state index contributed by atoms with van der Waals surface area (Å²) in [5, 5.41) is 2.86. The van der Waals surface area contributed by atoms with E-state index < -0.39 is 10.9 Å². The Morgan fingerprint density at radius 3 is 1.84 bits per heavy atom. The molecule has 9 aromatic rings. The molecule has 8 aromatic carbocycles. The normalized spacial score (nSPS) is 16.0. The number of rotatable bonds is 3. The highest BCUT2D eigenvalue weighted by atomic mass is 32.2. The Labute approximate surface area is 328 Å². The van der Waals surface area contributed by atoms with Crippen molar-refractivity contribution in [3.05, 3.63) is 197 Å². The number of anilines is 3. The maximum absolute atomic E-state index is 14.7. The van der Waals surface area contributed by atoms with Crippen LogP contribution in [-0.4, -0.2) is 4.57 Å². The van der Waals surface area contributed by atoms with E-state index in [4.69, 9.17) is 0 Å². The molecule has 56 heavy (non-hydrogen) atoms. The summed E-state index contributed by atoms with van der Waals surface area (Å²) >= 11 is 0. The van der Waals surface area contributed by atoms with E-state index in [1.54, 1.807) is 0 Å². The molecule has 1 atom stereocenters. The Balaban J connectivity index is 1.14. The van der Waals surface area contributed by atoms with E-state index >= 15 is 0 Å². The van der Waals surface area contributed by atoms with Gasteiger partial charge < -0.3 is 4.90 Å². The van der Waals surface area contributed by atoms with Crippen molar-refractivity contribution in [2.75, 3.05) is 4.90 Å². The van der Waals surface area contributed by atoms with Gasteiger partial charge in [0.2, 0.25) is 0 Å². The standard InChI is InChI=1S/C52H36N2OS/c1-52(2)42-29-34(32-13-5-3-6-14-32)21-24-38(42)39-25-23-36(31-43(39)52)53-45-27-22-35(33-15-7-4-8-16-33)30-48(45)56-47-20-12-11-19-44(47)54-49-40(26-28-46(53)50(49)56)37-17-9-10-18-41(37)51(54)55/h3-31,56H,1-2H3. The van der Waals surface area contributed by atoms with Gasteiger partial charge in [0.25, 0.3) is 5.56 Å². The number of para-hydroxylation sites is 1. The van der Waals surface area contributed by atoms with Gasteiger partial charge in [0, 0.05) is 36.6 Å². The van der Waals surface area contributed by atoms with Crippen LogP contribution in [0.1, 0.15) is 25.0 Å². The van der Waals surface area contributed by atoms with Crippen LogP contribution in [0.5, 0.6) is 0 Å². The summed E-state index contributed by atoms with van der Waals surface area (Å²) in [7, 11) is -1.02. The van der Waals surface area contributed by atoms with Gasteiger partial charge in [-0.3, -0.25) is 9.36 Å². The largest absolute Gasteiger partial charge is 0.308 e. The van der Waals surface area contributed by atoms with Crippen molar-refractivity contribution >= 4 is 49.6 Å². The van der Waals surface area contributed by atoms with E-state index in [9.17, 15) is 4.79 Å². The monoisotopic (exact) mass is 736 g/mol. The number of benzene rings is 8. The van der Waals surface area contributed by atoms with Gasteiger partial charge in [-0.2, -0.15) is 10.9 Å². The highest BCUT2D eigenvalue weighted by Crippen LogP contribution is 2.68. The molecule has 2 aliphatic heterocycles. The fraction of sp³-hybridized carbons (Fsp3) is 0.0577. The van der Waals surface area contributed by atoms with Crippen LogP contribution in [-0.2, 0) is 5.41 Å². The second-order valence-electron chi connectivity index (χ2n) is 15.7. The van der Waals surface area contributed by atoms with Gasteiger partial charge in [-0.1, -0.05) is 135 Å². The molecule has 3 nitrogen and oxygen atoms in total. The Kier molecular flexibility index (Phi) is 6.48. The van der Waals surface area contributed by atoms with Crippen molar-refractivity contribution in [2.24, 2.45) is 0 Å². The molecule has 266 valence electrons. The first-order chi connectivity index (χ1) is 27.5. The van der Waals surface area contributed by atoms with Gasteiger partial charge in [0.15, 0.2) is 0 Å². The van der Waals surface area contributed by atoms with Gasteiger partial charge in [-0.25, -0.2) is 0 Å². The van der Waals surface area contributed by atoms with Crippen molar-refractivity contribution in [3.8, 4) is 39.1 Å². The molecule has 0 N–H and O–H groups in total. The summed E-state index contributed by atoms with van der Waals surface area (Å²) < 4.78 is 2.02. The molecule has 4 heteroatoms. The summed E-state index contributed by atoms with van der Waals surface area (Å²) in [6, 6.07) is 63.7. The zero-order valence-electron chi connectivity index (χ0n) is 31.0. The highest BCUT2D eigenvalue weighted by molar-refractivity contribution is 8.17. The predicted molar refractivity (Wildman–Crippen MR) is 234 cm³/mol. The van der Waals surface area contributed by atoms with Crippen LogP contribution < -0.4 is 10.5 Å². The van der Waals surface area contributed by atoms with Crippen LogP contribution in [0.2, 0.25) is 0 Å². The maximum Gasteiger partial charge on any atom is 0.263 e. The third-order valence-corrected chi connectivity index (χ3v) is 15.0. The molecule has 0 saturated carbocycles. The average molecular weight is 737 g/mol. The summed E-state index contributed by atoms with van der Waals surface area (Å²) in [6.07, 6.45) is 0. The first kappa shape index (κ1) is 31.7. The Hall–Kier alpha value is -6.62. The molecule has 3 heterocycles. The molecule has 0 amide bonds. The molecule has 0 spiro atoms. The molecule has 1 unspecified atom stereocenters. The van der Waals surface area contributed by atoms with E-state index in [0.29, 0.717) is 0 Å². The summed E-state index contributed by atoms with van der Waals surface area (Å²) in [4.78, 5) is 20.9. The van der Waals surface area contributed by atoms with Gasteiger partial charge in [0.1, 0.15) is 0 Å². The Morgan fingerprint density at radius 1 is 0.464 bits per heavy atom. The molecule has 12 rings (SSSR count). The summed E-state index contributed by atoms with van der Waals surface area (Å²) in [5.41, 5.74) is 15.4. The molecule has 0 saturated heterocycles. The van der Waals surface area contributed by atoms with Crippen molar-refractivity contribution in [3.63, 3.8) is 0 Å². The zero-order chi connectivity index (χ0) is 37.3. The number of pyridine rings is 1. The van der Waals surface area contributed by atoms with Crippen LogP contribution in [0.3, 0.4) is 0 Å². The zero-order valence-corrected chi connectivity index (χ0v) is 31.9. The molecular formula is C52H36N2OS. The van der Waals surface area contributed by atoms with Crippen LogP contribution in [0.4, 0.5) is 17.1 Å². The number of aromatic nitrogens is 1. The number of hydrogen-bond donors (Lipinski definition) is 1. The van der Waals surface area contributed by atoms with Crippen LogP contribution in [0, 0.1) is 0 Å². The third kappa shape index (κ3) is 4.22. The van der Waals surface area contributed by atoms with Crippen LogP contribution in [0.25, 0.3) is 60.7 Å². The quantitative estimate of drug-likeness (QED) is 0.144. The Bertz CT molecular complexity index is 3200. The van der Waals surface area contributed by atoms with Gasteiger partial charge in [0.05, 0.1) is 22.6 Å².